The lowest BCUT2D eigenvalue weighted by atomic mass is 10.0. The molecule has 2 rings (SSSR count). The highest BCUT2D eigenvalue weighted by Crippen LogP contribution is 2.28. The van der Waals surface area contributed by atoms with Gasteiger partial charge in [0, 0.05) is 18.7 Å². The smallest absolute Gasteiger partial charge is 0.207 e. The van der Waals surface area contributed by atoms with Crippen molar-refractivity contribution in [3.8, 4) is 0 Å². The molecule has 0 N–H and O–H groups in total. The van der Waals surface area contributed by atoms with Crippen molar-refractivity contribution in [3.63, 3.8) is 0 Å². The molecule has 0 saturated carbocycles. The second-order valence-corrected chi connectivity index (χ2v) is 6.61. The molecule has 106 valence electrons. The maximum Gasteiger partial charge on any atom is 0.246 e. The zero-order valence-electron chi connectivity index (χ0n) is 10.8. The summed E-state index contributed by atoms with van der Waals surface area (Å²) < 4.78 is 52.8. The van der Waals surface area contributed by atoms with E-state index in [1.807, 2.05) is 6.92 Å². The number of piperidine rings is 1. The maximum atomic E-state index is 13.7. The van der Waals surface area contributed by atoms with Crippen molar-refractivity contribution in [2.75, 3.05) is 6.54 Å². The second-order valence-electron chi connectivity index (χ2n) is 4.75. The van der Waals surface area contributed by atoms with Crippen LogP contribution in [0.1, 0.15) is 32.6 Å². The summed E-state index contributed by atoms with van der Waals surface area (Å²) in [6.45, 7) is 2.32. The molecular formula is C13H17F2NO2S. The molecular weight excluding hydrogens is 272 g/mol. The molecule has 0 radical (unpaired) electrons. The Balaban J connectivity index is 2.40. The predicted molar refractivity (Wildman–Crippen MR) is 68.2 cm³/mol. The first-order valence-corrected chi connectivity index (χ1v) is 7.87. The Bertz CT molecular complexity index is 560. The molecule has 1 aliphatic heterocycles. The van der Waals surface area contributed by atoms with Crippen LogP contribution in [0.15, 0.2) is 23.1 Å². The minimum Gasteiger partial charge on any atom is -0.207 e. The SMILES string of the molecule is CC[C@H]1CCCCN1S(=O)(=O)c1ccc(F)cc1F. The molecule has 19 heavy (non-hydrogen) atoms. The molecule has 0 aliphatic carbocycles. The van der Waals surface area contributed by atoms with Gasteiger partial charge >= 0.3 is 0 Å². The lowest BCUT2D eigenvalue weighted by molar-refractivity contribution is 0.246. The third-order valence-electron chi connectivity index (χ3n) is 3.52. The largest absolute Gasteiger partial charge is 0.246 e. The highest BCUT2D eigenvalue weighted by molar-refractivity contribution is 7.89. The molecule has 1 aromatic carbocycles. The average molecular weight is 289 g/mol. The van der Waals surface area contributed by atoms with Gasteiger partial charge in [-0.1, -0.05) is 13.3 Å². The van der Waals surface area contributed by atoms with Gasteiger partial charge in [-0.15, -0.1) is 0 Å². The molecule has 0 aromatic heterocycles. The number of benzene rings is 1. The van der Waals surface area contributed by atoms with Gasteiger partial charge in [-0.3, -0.25) is 0 Å². The van der Waals surface area contributed by atoms with Crippen LogP contribution in [-0.4, -0.2) is 25.3 Å². The molecule has 1 atom stereocenters. The summed E-state index contributed by atoms with van der Waals surface area (Å²) in [7, 11) is -3.88. The van der Waals surface area contributed by atoms with Crippen LogP contribution in [-0.2, 0) is 10.0 Å². The first-order chi connectivity index (χ1) is 8.96. The van der Waals surface area contributed by atoms with Crippen molar-refractivity contribution >= 4 is 10.0 Å². The quantitative estimate of drug-likeness (QED) is 0.858. The van der Waals surface area contributed by atoms with Crippen LogP contribution in [0.2, 0.25) is 0 Å². The highest BCUT2D eigenvalue weighted by atomic mass is 32.2. The van der Waals surface area contributed by atoms with E-state index in [1.165, 1.54) is 4.31 Å². The Labute approximate surface area is 112 Å². The summed E-state index contributed by atoms with van der Waals surface area (Å²) in [5.74, 6) is -1.80. The molecule has 1 aliphatic rings. The number of halogens is 2. The Morgan fingerprint density at radius 3 is 2.68 bits per heavy atom. The Hall–Kier alpha value is -1.01. The third-order valence-corrected chi connectivity index (χ3v) is 5.51. The Morgan fingerprint density at radius 2 is 2.05 bits per heavy atom. The minimum atomic E-state index is -3.88. The number of hydrogen-bond acceptors (Lipinski definition) is 2. The molecule has 0 bridgehead atoms. The van der Waals surface area contributed by atoms with Gasteiger partial charge in [-0.05, 0) is 31.4 Å². The van der Waals surface area contributed by atoms with Gasteiger partial charge < -0.3 is 0 Å². The van der Waals surface area contributed by atoms with Crippen LogP contribution < -0.4 is 0 Å². The van der Waals surface area contributed by atoms with Crippen molar-refractivity contribution in [3.05, 3.63) is 29.8 Å². The molecule has 0 amide bonds. The van der Waals surface area contributed by atoms with Gasteiger partial charge in [-0.2, -0.15) is 4.31 Å². The van der Waals surface area contributed by atoms with Crippen LogP contribution in [0, 0.1) is 11.6 Å². The molecule has 3 nitrogen and oxygen atoms in total. The standard InChI is InChI=1S/C13H17F2NO2S/c1-2-11-5-3-4-8-16(11)19(17,18)13-7-6-10(14)9-12(13)15/h6-7,9,11H,2-5,8H2,1H3/t11-/m0/s1. The molecule has 1 saturated heterocycles. The zero-order valence-corrected chi connectivity index (χ0v) is 11.6. The topological polar surface area (TPSA) is 37.4 Å². The van der Waals surface area contributed by atoms with Gasteiger partial charge in [0.25, 0.3) is 0 Å². The fraction of sp³-hybridized carbons (Fsp3) is 0.538. The van der Waals surface area contributed by atoms with Crippen molar-refractivity contribution in [2.24, 2.45) is 0 Å². The molecule has 6 heteroatoms. The molecule has 0 unspecified atom stereocenters. The maximum absolute atomic E-state index is 13.7. The summed E-state index contributed by atoms with van der Waals surface area (Å²) in [6, 6.07) is 2.49. The van der Waals surface area contributed by atoms with E-state index in [-0.39, 0.29) is 6.04 Å². The van der Waals surface area contributed by atoms with Crippen LogP contribution in [0.25, 0.3) is 0 Å². The number of hydrogen-bond donors (Lipinski definition) is 0. The summed E-state index contributed by atoms with van der Waals surface area (Å²) in [5, 5.41) is 0. The monoisotopic (exact) mass is 289 g/mol. The molecule has 1 fully saturated rings. The first-order valence-electron chi connectivity index (χ1n) is 6.43. The fourth-order valence-corrected chi connectivity index (χ4v) is 4.32. The summed E-state index contributed by atoms with van der Waals surface area (Å²) >= 11 is 0. The number of nitrogens with zero attached hydrogens (tertiary/aromatic N) is 1. The van der Waals surface area contributed by atoms with Gasteiger partial charge in [-0.25, -0.2) is 17.2 Å². The van der Waals surface area contributed by atoms with Crippen LogP contribution in [0.5, 0.6) is 0 Å². The van der Waals surface area contributed by atoms with Gasteiger partial charge in [0.1, 0.15) is 16.5 Å². The summed E-state index contributed by atoms with van der Waals surface area (Å²) in [6.07, 6.45) is 3.25. The van der Waals surface area contributed by atoms with Crippen molar-refractivity contribution in [1.29, 1.82) is 0 Å². The minimum absolute atomic E-state index is 0.0943. The van der Waals surface area contributed by atoms with E-state index in [9.17, 15) is 17.2 Å². The molecule has 1 aromatic rings. The average Bonchev–Trinajstić information content (AvgIpc) is 2.38. The van der Waals surface area contributed by atoms with Crippen LogP contribution in [0.3, 0.4) is 0 Å². The van der Waals surface area contributed by atoms with E-state index in [0.29, 0.717) is 19.0 Å². The highest BCUT2D eigenvalue weighted by Gasteiger charge is 2.34. The van der Waals surface area contributed by atoms with E-state index in [4.69, 9.17) is 0 Å². The van der Waals surface area contributed by atoms with Crippen molar-refractivity contribution in [2.45, 2.75) is 43.5 Å². The van der Waals surface area contributed by atoms with Gasteiger partial charge in [0.15, 0.2) is 0 Å². The lowest BCUT2D eigenvalue weighted by Crippen LogP contribution is -2.43. The number of sulfonamides is 1. The van der Waals surface area contributed by atoms with E-state index in [1.54, 1.807) is 0 Å². The van der Waals surface area contributed by atoms with E-state index in [2.05, 4.69) is 0 Å². The normalized spacial score (nSPS) is 21.5. The van der Waals surface area contributed by atoms with Crippen LogP contribution in [0.4, 0.5) is 8.78 Å². The first kappa shape index (κ1) is 14.4. The Kier molecular flexibility index (Phi) is 4.20. The van der Waals surface area contributed by atoms with E-state index in [0.717, 1.165) is 31.4 Å². The van der Waals surface area contributed by atoms with E-state index < -0.39 is 26.6 Å². The summed E-state index contributed by atoms with van der Waals surface area (Å²) in [4.78, 5) is -0.436. The van der Waals surface area contributed by atoms with E-state index >= 15 is 0 Å². The third kappa shape index (κ3) is 2.79. The lowest BCUT2D eigenvalue weighted by Gasteiger charge is -2.34. The van der Waals surface area contributed by atoms with Crippen molar-refractivity contribution < 1.29 is 17.2 Å². The zero-order chi connectivity index (χ0) is 14.0. The van der Waals surface area contributed by atoms with Gasteiger partial charge in [0.2, 0.25) is 10.0 Å². The molecule has 0 spiro atoms. The summed E-state index contributed by atoms with van der Waals surface area (Å²) in [5.41, 5.74) is 0. The number of rotatable bonds is 3. The molecule has 1 heterocycles. The predicted octanol–water partition coefficient (Wildman–Crippen LogP) is 2.92. The van der Waals surface area contributed by atoms with Crippen molar-refractivity contribution in [1.82, 2.24) is 4.31 Å². The Morgan fingerprint density at radius 1 is 1.32 bits per heavy atom. The van der Waals surface area contributed by atoms with Crippen LogP contribution >= 0.6 is 0 Å². The fourth-order valence-electron chi connectivity index (χ4n) is 2.51. The van der Waals surface area contributed by atoms with Gasteiger partial charge in [0.05, 0.1) is 0 Å². The second kappa shape index (κ2) is 5.54.